The smallest absolute Gasteiger partial charge is 0.266 e. The Kier molecular flexibility index (Phi) is 4.77. The minimum absolute atomic E-state index is 0.356. The van der Waals surface area contributed by atoms with Crippen LogP contribution in [-0.2, 0) is 0 Å². The molecule has 0 aromatic heterocycles. The fourth-order valence-corrected chi connectivity index (χ4v) is 4.68. The van der Waals surface area contributed by atoms with Crippen LogP contribution in [0.4, 0.5) is 11.4 Å². The van der Waals surface area contributed by atoms with Crippen LogP contribution in [0.3, 0.4) is 0 Å². The minimum atomic E-state index is -0.356. The molecule has 0 saturated carbocycles. The fourth-order valence-electron chi connectivity index (χ4n) is 4.68. The molecule has 1 saturated heterocycles. The van der Waals surface area contributed by atoms with Crippen molar-refractivity contribution in [3.8, 4) is 11.5 Å². The molecule has 0 atom stereocenters. The van der Waals surface area contributed by atoms with Crippen molar-refractivity contribution in [2.75, 3.05) is 37.1 Å². The monoisotopic (exact) mass is 416 g/mol. The van der Waals surface area contributed by atoms with Crippen LogP contribution >= 0.6 is 0 Å². The van der Waals surface area contributed by atoms with Crippen LogP contribution in [-0.4, -0.2) is 39.1 Å². The molecule has 3 aromatic carbocycles. The molecule has 0 bridgehead atoms. The van der Waals surface area contributed by atoms with Crippen LogP contribution in [0.25, 0.3) is 10.8 Å². The Morgan fingerprint density at radius 1 is 0.774 bits per heavy atom. The SMILES string of the molecule is COc1ccc(OC)c(N2C(=O)c3cccc4c(N5CCCCC5)ccc(c34)C2=O)c1. The van der Waals surface area contributed by atoms with Gasteiger partial charge in [-0.15, -0.1) is 0 Å². The highest BCUT2D eigenvalue weighted by atomic mass is 16.5. The van der Waals surface area contributed by atoms with Crippen LogP contribution in [0.15, 0.2) is 48.5 Å². The Balaban J connectivity index is 1.68. The number of piperidine rings is 1. The third kappa shape index (κ3) is 3.02. The Labute approximate surface area is 181 Å². The number of carbonyl (C=O) groups is 2. The van der Waals surface area contributed by atoms with Gasteiger partial charge in [0.05, 0.1) is 19.9 Å². The van der Waals surface area contributed by atoms with E-state index in [4.69, 9.17) is 9.47 Å². The zero-order valence-electron chi connectivity index (χ0n) is 17.7. The third-order valence-corrected chi connectivity index (χ3v) is 6.21. The maximum Gasteiger partial charge on any atom is 0.266 e. The van der Waals surface area contributed by atoms with Crippen LogP contribution in [0.2, 0.25) is 0 Å². The first kappa shape index (κ1) is 19.4. The van der Waals surface area contributed by atoms with Gasteiger partial charge in [0.15, 0.2) is 0 Å². The molecule has 0 unspecified atom stereocenters. The number of hydrogen-bond acceptors (Lipinski definition) is 5. The number of anilines is 2. The molecule has 0 spiro atoms. The van der Waals surface area contributed by atoms with E-state index in [2.05, 4.69) is 4.90 Å². The summed E-state index contributed by atoms with van der Waals surface area (Å²) >= 11 is 0. The Hall–Kier alpha value is -3.54. The normalized spacial score (nSPS) is 16.1. The van der Waals surface area contributed by atoms with E-state index in [0.717, 1.165) is 42.4 Å². The quantitative estimate of drug-likeness (QED) is 0.580. The lowest BCUT2D eigenvalue weighted by molar-refractivity contribution is 0.0892. The van der Waals surface area contributed by atoms with Crippen molar-refractivity contribution in [2.24, 2.45) is 0 Å². The summed E-state index contributed by atoms with van der Waals surface area (Å²) < 4.78 is 10.8. The maximum atomic E-state index is 13.6. The third-order valence-electron chi connectivity index (χ3n) is 6.21. The van der Waals surface area contributed by atoms with Gasteiger partial charge in [-0.2, -0.15) is 0 Å². The van der Waals surface area contributed by atoms with Gasteiger partial charge >= 0.3 is 0 Å². The molecule has 0 radical (unpaired) electrons. The van der Waals surface area contributed by atoms with Gasteiger partial charge in [0.25, 0.3) is 11.8 Å². The van der Waals surface area contributed by atoms with E-state index in [0.29, 0.717) is 28.3 Å². The van der Waals surface area contributed by atoms with E-state index in [1.54, 1.807) is 31.4 Å². The first-order chi connectivity index (χ1) is 15.1. The number of imide groups is 1. The van der Waals surface area contributed by atoms with Crippen molar-refractivity contribution in [1.82, 2.24) is 0 Å². The van der Waals surface area contributed by atoms with Gasteiger partial charge < -0.3 is 14.4 Å². The Bertz CT molecular complexity index is 1180. The van der Waals surface area contributed by atoms with E-state index in [1.165, 1.54) is 18.4 Å². The van der Waals surface area contributed by atoms with E-state index in [-0.39, 0.29) is 11.8 Å². The van der Waals surface area contributed by atoms with Crippen molar-refractivity contribution >= 4 is 34.0 Å². The van der Waals surface area contributed by atoms with Gasteiger partial charge in [0.1, 0.15) is 11.5 Å². The second-order valence-electron chi connectivity index (χ2n) is 7.89. The molecule has 0 aliphatic carbocycles. The standard InChI is InChI=1S/C25H24N2O4/c1-30-16-9-12-22(31-2)21(15-16)27-24(28)18-8-6-7-17-20(26-13-4-3-5-14-26)11-10-19(23(17)18)25(27)29/h6-12,15H,3-5,13-14H2,1-2H3. The summed E-state index contributed by atoms with van der Waals surface area (Å²) in [6.07, 6.45) is 3.56. The molecule has 6 nitrogen and oxygen atoms in total. The second kappa shape index (κ2) is 7.61. The summed E-state index contributed by atoms with van der Waals surface area (Å²) in [5.41, 5.74) is 2.51. The number of nitrogens with zero attached hydrogens (tertiary/aromatic N) is 2. The molecule has 158 valence electrons. The van der Waals surface area contributed by atoms with E-state index in [9.17, 15) is 9.59 Å². The number of benzene rings is 3. The topological polar surface area (TPSA) is 59.1 Å². The molecule has 2 aliphatic heterocycles. The molecule has 6 heteroatoms. The van der Waals surface area contributed by atoms with E-state index in [1.807, 2.05) is 24.3 Å². The number of amides is 2. The second-order valence-corrected chi connectivity index (χ2v) is 7.89. The van der Waals surface area contributed by atoms with Crippen LogP contribution in [0, 0.1) is 0 Å². The van der Waals surface area contributed by atoms with Crippen molar-refractivity contribution in [1.29, 1.82) is 0 Å². The number of hydrogen-bond donors (Lipinski definition) is 0. The van der Waals surface area contributed by atoms with Gasteiger partial charge in [0, 0.05) is 46.7 Å². The Morgan fingerprint density at radius 3 is 2.23 bits per heavy atom. The molecule has 2 amide bonds. The molecule has 1 fully saturated rings. The summed E-state index contributed by atoms with van der Waals surface area (Å²) in [5.74, 6) is 0.264. The van der Waals surface area contributed by atoms with Crippen molar-refractivity contribution in [3.63, 3.8) is 0 Å². The van der Waals surface area contributed by atoms with E-state index < -0.39 is 0 Å². The van der Waals surface area contributed by atoms with Crippen molar-refractivity contribution in [3.05, 3.63) is 59.7 Å². The summed E-state index contributed by atoms with van der Waals surface area (Å²) in [4.78, 5) is 30.7. The molecule has 3 aromatic rings. The largest absolute Gasteiger partial charge is 0.497 e. The molecular weight excluding hydrogens is 392 g/mol. The molecule has 2 heterocycles. The van der Waals surface area contributed by atoms with Gasteiger partial charge in [-0.05, 0) is 49.6 Å². The van der Waals surface area contributed by atoms with Gasteiger partial charge in [-0.3, -0.25) is 9.59 Å². The summed E-state index contributed by atoms with van der Waals surface area (Å²) in [6.45, 7) is 1.99. The highest BCUT2D eigenvalue weighted by Gasteiger charge is 2.36. The number of ether oxygens (including phenoxy) is 2. The van der Waals surface area contributed by atoms with E-state index >= 15 is 0 Å². The summed E-state index contributed by atoms with van der Waals surface area (Å²) in [6, 6.07) is 14.6. The molecule has 5 rings (SSSR count). The molecule has 0 N–H and O–H groups in total. The zero-order valence-corrected chi connectivity index (χ0v) is 17.7. The highest BCUT2D eigenvalue weighted by Crippen LogP contribution is 2.41. The van der Waals surface area contributed by atoms with Crippen molar-refractivity contribution < 1.29 is 19.1 Å². The maximum absolute atomic E-state index is 13.6. The van der Waals surface area contributed by atoms with Crippen LogP contribution < -0.4 is 19.3 Å². The van der Waals surface area contributed by atoms with Gasteiger partial charge in [-0.25, -0.2) is 4.90 Å². The lowest BCUT2D eigenvalue weighted by Gasteiger charge is -2.32. The van der Waals surface area contributed by atoms with Gasteiger partial charge in [-0.1, -0.05) is 12.1 Å². The average molecular weight is 416 g/mol. The van der Waals surface area contributed by atoms with Gasteiger partial charge in [0.2, 0.25) is 0 Å². The lowest BCUT2D eigenvalue weighted by Crippen LogP contribution is -2.41. The predicted octanol–water partition coefficient (Wildman–Crippen LogP) is 4.65. The summed E-state index contributed by atoms with van der Waals surface area (Å²) in [5, 5.41) is 1.69. The van der Waals surface area contributed by atoms with Crippen LogP contribution in [0.5, 0.6) is 11.5 Å². The highest BCUT2D eigenvalue weighted by molar-refractivity contribution is 6.36. The zero-order chi connectivity index (χ0) is 21.5. The fraction of sp³-hybridized carbons (Fsp3) is 0.280. The molecule has 31 heavy (non-hydrogen) atoms. The van der Waals surface area contributed by atoms with Crippen molar-refractivity contribution in [2.45, 2.75) is 19.3 Å². The Morgan fingerprint density at radius 2 is 1.52 bits per heavy atom. The molecular formula is C25H24N2O4. The lowest BCUT2D eigenvalue weighted by atomic mass is 9.92. The minimum Gasteiger partial charge on any atom is -0.497 e. The number of methoxy groups -OCH3 is 2. The number of carbonyl (C=O) groups excluding carboxylic acids is 2. The first-order valence-corrected chi connectivity index (χ1v) is 10.6. The molecule has 2 aliphatic rings. The predicted molar refractivity (Wildman–Crippen MR) is 121 cm³/mol. The average Bonchev–Trinajstić information content (AvgIpc) is 2.82. The van der Waals surface area contributed by atoms with Crippen LogP contribution in [0.1, 0.15) is 40.0 Å². The first-order valence-electron chi connectivity index (χ1n) is 10.6. The number of rotatable bonds is 4. The summed E-state index contributed by atoms with van der Waals surface area (Å²) in [7, 11) is 3.06.